The summed E-state index contributed by atoms with van der Waals surface area (Å²) in [7, 11) is 0. The summed E-state index contributed by atoms with van der Waals surface area (Å²) in [6.45, 7) is 3.56. The Morgan fingerprint density at radius 3 is 2.79 bits per heavy atom. The average molecular weight is 257 g/mol. The molecule has 1 saturated heterocycles. The molecular formula is C15H15NO3. The van der Waals surface area contributed by atoms with Crippen molar-refractivity contribution in [3.8, 4) is 0 Å². The fraction of sp³-hybridized carbons (Fsp3) is 0.200. The highest BCUT2D eigenvalue weighted by molar-refractivity contribution is 5.98. The Kier molecular flexibility index (Phi) is 4.13. The molecule has 1 atom stereocenters. The van der Waals surface area contributed by atoms with Crippen molar-refractivity contribution >= 4 is 18.1 Å². The molecule has 0 radical (unpaired) electrons. The smallest absolute Gasteiger partial charge is 0.417 e. The summed E-state index contributed by atoms with van der Waals surface area (Å²) in [5, 5.41) is 0. The van der Waals surface area contributed by atoms with E-state index < -0.39 is 6.09 Å². The van der Waals surface area contributed by atoms with Crippen LogP contribution >= 0.6 is 0 Å². The van der Waals surface area contributed by atoms with E-state index in [2.05, 4.69) is 6.58 Å². The highest BCUT2D eigenvalue weighted by Crippen LogP contribution is 2.22. The maximum atomic E-state index is 11.6. The van der Waals surface area contributed by atoms with Gasteiger partial charge in [0.2, 0.25) is 5.91 Å². The Balaban J connectivity index is 1.97. The van der Waals surface area contributed by atoms with Crippen LogP contribution in [0.2, 0.25) is 0 Å². The molecule has 0 bridgehead atoms. The monoisotopic (exact) mass is 257 g/mol. The van der Waals surface area contributed by atoms with E-state index in [0.717, 1.165) is 10.5 Å². The van der Waals surface area contributed by atoms with Crippen molar-refractivity contribution in [1.29, 1.82) is 0 Å². The molecule has 1 fully saturated rings. The molecule has 1 aromatic carbocycles. The van der Waals surface area contributed by atoms with Gasteiger partial charge in [-0.15, -0.1) is 0 Å². The summed E-state index contributed by atoms with van der Waals surface area (Å²) < 4.78 is 4.86. The zero-order valence-corrected chi connectivity index (χ0v) is 10.5. The number of likely N-dealkylation sites (tertiary alicyclic amines) is 1. The van der Waals surface area contributed by atoms with Gasteiger partial charge < -0.3 is 4.74 Å². The Bertz CT molecular complexity index is 507. The SMILES string of the molecule is C=CCOC(=O)N1C(=O)C[C@H]1/C=C/c1ccccc1. The summed E-state index contributed by atoms with van der Waals surface area (Å²) in [6, 6.07) is 9.49. The number of ether oxygens (including phenoxy) is 1. The summed E-state index contributed by atoms with van der Waals surface area (Å²) in [5.74, 6) is -0.211. The highest BCUT2D eigenvalue weighted by Gasteiger charge is 2.40. The molecule has 0 aliphatic carbocycles. The standard InChI is InChI=1S/C15H15NO3/c1-2-10-19-15(18)16-13(11-14(16)17)9-8-12-6-4-3-5-7-12/h2-9,13H,1,10-11H2/b9-8+/t13-/m1/s1. The van der Waals surface area contributed by atoms with Gasteiger partial charge in [-0.2, -0.15) is 0 Å². The Morgan fingerprint density at radius 1 is 1.42 bits per heavy atom. The van der Waals surface area contributed by atoms with E-state index in [1.807, 2.05) is 42.5 Å². The van der Waals surface area contributed by atoms with Crippen LogP contribution in [0.15, 0.2) is 49.1 Å². The van der Waals surface area contributed by atoms with Gasteiger partial charge in [0.1, 0.15) is 6.61 Å². The van der Waals surface area contributed by atoms with E-state index >= 15 is 0 Å². The average Bonchev–Trinajstić information content (AvgIpc) is 2.42. The normalized spacial score (nSPS) is 18.2. The summed E-state index contributed by atoms with van der Waals surface area (Å²) in [4.78, 5) is 24.2. The lowest BCUT2D eigenvalue weighted by atomic mass is 10.0. The van der Waals surface area contributed by atoms with Crippen LogP contribution in [-0.2, 0) is 9.53 Å². The first-order valence-corrected chi connectivity index (χ1v) is 6.05. The number of nitrogens with zero attached hydrogens (tertiary/aromatic N) is 1. The molecule has 1 aliphatic heterocycles. The second-order valence-corrected chi connectivity index (χ2v) is 4.17. The van der Waals surface area contributed by atoms with Crippen molar-refractivity contribution in [2.45, 2.75) is 12.5 Å². The number of benzene rings is 1. The lowest BCUT2D eigenvalue weighted by Gasteiger charge is -2.35. The van der Waals surface area contributed by atoms with Gasteiger partial charge in [0.15, 0.2) is 0 Å². The number of imide groups is 1. The van der Waals surface area contributed by atoms with Crippen LogP contribution in [0.5, 0.6) is 0 Å². The van der Waals surface area contributed by atoms with Crippen LogP contribution in [0.1, 0.15) is 12.0 Å². The maximum Gasteiger partial charge on any atom is 0.417 e. The lowest BCUT2D eigenvalue weighted by molar-refractivity contribution is -0.140. The predicted molar refractivity (Wildman–Crippen MR) is 72.3 cm³/mol. The van der Waals surface area contributed by atoms with Crippen LogP contribution in [0.25, 0.3) is 6.08 Å². The van der Waals surface area contributed by atoms with E-state index in [-0.39, 0.29) is 18.6 Å². The van der Waals surface area contributed by atoms with Crippen molar-refractivity contribution in [1.82, 2.24) is 4.90 Å². The third-order valence-corrected chi connectivity index (χ3v) is 2.82. The second kappa shape index (κ2) is 6.00. The van der Waals surface area contributed by atoms with Crippen LogP contribution < -0.4 is 0 Å². The predicted octanol–water partition coefficient (Wildman–Crippen LogP) is 2.62. The first kappa shape index (κ1) is 13.1. The molecule has 0 spiro atoms. The van der Waals surface area contributed by atoms with E-state index in [1.54, 1.807) is 0 Å². The fourth-order valence-electron chi connectivity index (χ4n) is 1.82. The molecule has 1 aliphatic rings. The number of carbonyl (C=O) groups excluding carboxylic acids is 2. The molecule has 4 nitrogen and oxygen atoms in total. The zero-order chi connectivity index (χ0) is 13.7. The van der Waals surface area contributed by atoms with Gasteiger partial charge in [0.25, 0.3) is 0 Å². The van der Waals surface area contributed by atoms with Gasteiger partial charge in [0.05, 0.1) is 12.5 Å². The number of hydrogen-bond acceptors (Lipinski definition) is 3. The van der Waals surface area contributed by atoms with Crippen LogP contribution in [0.3, 0.4) is 0 Å². The number of hydrogen-bond donors (Lipinski definition) is 0. The van der Waals surface area contributed by atoms with Crippen LogP contribution in [0, 0.1) is 0 Å². The maximum absolute atomic E-state index is 11.6. The van der Waals surface area contributed by atoms with Crippen LogP contribution in [-0.4, -0.2) is 29.5 Å². The highest BCUT2D eigenvalue weighted by atomic mass is 16.6. The molecule has 0 saturated carbocycles. The summed E-state index contributed by atoms with van der Waals surface area (Å²) >= 11 is 0. The fourth-order valence-corrected chi connectivity index (χ4v) is 1.82. The Morgan fingerprint density at radius 2 is 2.16 bits per heavy atom. The molecule has 0 unspecified atom stereocenters. The van der Waals surface area contributed by atoms with E-state index in [0.29, 0.717) is 6.42 Å². The number of β-lactam (4-membered cyclic amide) rings is 1. The quantitative estimate of drug-likeness (QED) is 0.615. The van der Waals surface area contributed by atoms with Crippen molar-refractivity contribution < 1.29 is 14.3 Å². The van der Waals surface area contributed by atoms with Crippen molar-refractivity contribution in [2.24, 2.45) is 0 Å². The molecule has 19 heavy (non-hydrogen) atoms. The minimum absolute atomic E-state index is 0.109. The first-order chi connectivity index (χ1) is 9.22. The van der Waals surface area contributed by atoms with E-state index in [9.17, 15) is 9.59 Å². The third kappa shape index (κ3) is 3.10. The summed E-state index contributed by atoms with van der Waals surface area (Å²) in [5.41, 5.74) is 1.03. The van der Waals surface area contributed by atoms with Crippen molar-refractivity contribution in [3.63, 3.8) is 0 Å². The minimum Gasteiger partial charge on any atom is -0.445 e. The van der Waals surface area contributed by atoms with E-state index in [1.165, 1.54) is 6.08 Å². The van der Waals surface area contributed by atoms with E-state index in [4.69, 9.17) is 4.74 Å². The van der Waals surface area contributed by atoms with Crippen LogP contribution in [0.4, 0.5) is 4.79 Å². The molecule has 4 heteroatoms. The number of carbonyl (C=O) groups is 2. The van der Waals surface area contributed by atoms with Gasteiger partial charge in [-0.1, -0.05) is 55.1 Å². The molecule has 0 N–H and O–H groups in total. The number of rotatable bonds is 4. The zero-order valence-electron chi connectivity index (χ0n) is 10.5. The molecule has 1 heterocycles. The molecule has 98 valence electrons. The third-order valence-electron chi connectivity index (χ3n) is 2.82. The minimum atomic E-state index is -0.612. The topological polar surface area (TPSA) is 46.6 Å². The Labute approximate surface area is 112 Å². The lowest BCUT2D eigenvalue weighted by Crippen LogP contribution is -2.54. The Hall–Kier alpha value is -2.36. The first-order valence-electron chi connectivity index (χ1n) is 6.05. The second-order valence-electron chi connectivity index (χ2n) is 4.17. The molecule has 1 aromatic rings. The van der Waals surface area contributed by atoms with Gasteiger partial charge in [0, 0.05) is 0 Å². The van der Waals surface area contributed by atoms with Gasteiger partial charge in [-0.25, -0.2) is 9.69 Å². The van der Waals surface area contributed by atoms with Gasteiger partial charge in [-0.05, 0) is 5.56 Å². The van der Waals surface area contributed by atoms with Gasteiger partial charge >= 0.3 is 6.09 Å². The number of amides is 2. The molecule has 2 amide bonds. The van der Waals surface area contributed by atoms with Gasteiger partial charge in [-0.3, -0.25) is 4.79 Å². The molecule has 2 rings (SSSR count). The largest absolute Gasteiger partial charge is 0.445 e. The van der Waals surface area contributed by atoms with Crippen molar-refractivity contribution in [3.05, 3.63) is 54.6 Å². The summed E-state index contributed by atoms with van der Waals surface area (Å²) in [6.07, 6.45) is 4.93. The van der Waals surface area contributed by atoms with Crippen molar-refractivity contribution in [2.75, 3.05) is 6.61 Å². The molecule has 0 aromatic heterocycles. The molecular weight excluding hydrogens is 242 g/mol.